The first kappa shape index (κ1) is 22.9. The molecule has 3 aromatic rings. The van der Waals surface area contributed by atoms with E-state index in [0.717, 1.165) is 49.7 Å². The molecule has 8 nitrogen and oxygen atoms in total. The van der Waals surface area contributed by atoms with Crippen molar-refractivity contribution in [2.45, 2.75) is 35.9 Å². The Morgan fingerprint density at radius 3 is 2.47 bits per heavy atom. The van der Waals surface area contributed by atoms with Crippen molar-refractivity contribution in [3.8, 4) is 0 Å². The number of ether oxygens (including phenoxy) is 2. The van der Waals surface area contributed by atoms with Gasteiger partial charge in [0.1, 0.15) is 5.25 Å². The summed E-state index contributed by atoms with van der Waals surface area (Å²) in [6.07, 6.45) is 2.21. The van der Waals surface area contributed by atoms with E-state index in [9.17, 15) is 4.79 Å². The zero-order valence-electron chi connectivity index (χ0n) is 19.0. The zero-order valence-corrected chi connectivity index (χ0v) is 19.8. The van der Waals surface area contributed by atoms with Crippen molar-refractivity contribution >= 4 is 29.3 Å². The van der Waals surface area contributed by atoms with E-state index in [0.29, 0.717) is 24.9 Å². The van der Waals surface area contributed by atoms with E-state index in [1.165, 1.54) is 11.8 Å². The topological polar surface area (TPSA) is 81.5 Å². The molecule has 2 atom stereocenters. The van der Waals surface area contributed by atoms with E-state index in [1.807, 2.05) is 60.7 Å². The van der Waals surface area contributed by atoms with Gasteiger partial charge in [-0.1, -0.05) is 60.3 Å². The zero-order chi connectivity index (χ0) is 23.2. The van der Waals surface area contributed by atoms with Gasteiger partial charge in [-0.3, -0.25) is 9.36 Å². The van der Waals surface area contributed by atoms with Gasteiger partial charge in [0.25, 0.3) is 0 Å². The van der Waals surface area contributed by atoms with Gasteiger partial charge in [-0.2, -0.15) is 0 Å². The average molecular weight is 480 g/mol. The van der Waals surface area contributed by atoms with E-state index in [4.69, 9.17) is 9.47 Å². The van der Waals surface area contributed by atoms with Crippen LogP contribution in [0.1, 0.15) is 23.7 Å². The number of thioether (sulfide) groups is 1. The summed E-state index contributed by atoms with van der Waals surface area (Å²) in [5, 5.41) is 12.4. The second-order valence-corrected chi connectivity index (χ2v) is 9.46. The van der Waals surface area contributed by atoms with E-state index in [2.05, 4.69) is 25.0 Å². The van der Waals surface area contributed by atoms with Gasteiger partial charge in [0.2, 0.25) is 11.9 Å². The quantitative estimate of drug-likeness (QED) is 0.493. The second kappa shape index (κ2) is 11.0. The molecule has 9 heteroatoms. The first-order valence-electron chi connectivity index (χ1n) is 11.7. The number of aromatic nitrogens is 3. The lowest BCUT2D eigenvalue weighted by atomic mass is 10.1. The lowest BCUT2D eigenvalue weighted by molar-refractivity contribution is -0.115. The molecule has 1 N–H and O–H groups in total. The predicted molar refractivity (Wildman–Crippen MR) is 132 cm³/mol. The highest BCUT2D eigenvalue weighted by atomic mass is 32.2. The predicted octanol–water partition coefficient (Wildman–Crippen LogP) is 3.77. The van der Waals surface area contributed by atoms with Crippen LogP contribution in [0.3, 0.4) is 0 Å². The molecule has 2 unspecified atom stereocenters. The molecule has 0 spiro atoms. The van der Waals surface area contributed by atoms with Crippen LogP contribution in [0.2, 0.25) is 0 Å². The van der Waals surface area contributed by atoms with Crippen molar-refractivity contribution < 1.29 is 14.3 Å². The number of para-hydroxylation sites is 1. The van der Waals surface area contributed by atoms with Crippen LogP contribution in [-0.2, 0) is 20.8 Å². The highest BCUT2D eigenvalue weighted by Crippen LogP contribution is 2.37. The van der Waals surface area contributed by atoms with Crippen LogP contribution < -0.4 is 10.2 Å². The minimum atomic E-state index is -0.480. The Labute approximate surface area is 203 Å². The highest BCUT2D eigenvalue weighted by molar-refractivity contribution is 8.00. The third kappa shape index (κ3) is 5.43. The molecule has 2 aliphatic rings. The first-order valence-corrected chi connectivity index (χ1v) is 12.6. The summed E-state index contributed by atoms with van der Waals surface area (Å²) < 4.78 is 13.6. The molecule has 0 bridgehead atoms. The Balaban J connectivity index is 1.44. The van der Waals surface area contributed by atoms with Crippen LogP contribution in [-0.4, -0.2) is 59.7 Å². The third-order valence-corrected chi connectivity index (χ3v) is 7.24. The number of anilines is 2. The van der Waals surface area contributed by atoms with Gasteiger partial charge < -0.3 is 19.7 Å². The maximum atomic E-state index is 13.4. The number of carbonyl (C=O) groups is 1. The number of hydrogen-bond donors (Lipinski definition) is 1. The van der Waals surface area contributed by atoms with Crippen molar-refractivity contribution in [2.24, 2.45) is 0 Å². The smallest absolute Gasteiger partial charge is 0.242 e. The van der Waals surface area contributed by atoms with E-state index >= 15 is 0 Å². The minimum absolute atomic E-state index is 0.0954. The molecule has 2 aromatic carbocycles. The van der Waals surface area contributed by atoms with Crippen LogP contribution in [0.5, 0.6) is 0 Å². The van der Waals surface area contributed by atoms with Crippen molar-refractivity contribution in [1.29, 1.82) is 0 Å². The number of amides is 1. The maximum Gasteiger partial charge on any atom is 0.242 e. The maximum absolute atomic E-state index is 13.4. The molecule has 5 rings (SSSR count). The average Bonchev–Trinajstić information content (AvgIpc) is 3.54. The fourth-order valence-electron chi connectivity index (χ4n) is 4.25. The fraction of sp³-hybridized carbons (Fsp3) is 0.400. The van der Waals surface area contributed by atoms with Gasteiger partial charge in [0, 0.05) is 25.4 Å². The highest BCUT2D eigenvalue weighted by Gasteiger charge is 2.29. The lowest BCUT2D eigenvalue weighted by Gasteiger charge is -2.28. The molecule has 1 amide bonds. The molecule has 0 radical (unpaired) electrons. The van der Waals surface area contributed by atoms with Crippen LogP contribution in [0, 0.1) is 0 Å². The number of rotatable bonds is 8. The number of carbonyl (C=O) groups excluding carboxylic acids is 1. The Bertz CT molecular complexity index is 1070. The van der Waals surface area contributed by atoms with Crippen LogP contribution in [0.4, 0.5) is 11.6 Å². The summed E-state index contributed by atoms with van der Waals surface area (Å²) in [5.41, 5.74) is 1.68. The fourth-order valence-corrected chi connectivity index (χ4v) is 5.29. The van der Waals surface area contributed by atoms with Crippen LogP contribution >= 0.6 is 11.8 Å². The normalized spacial score (nSPS) is 19.2. The second-order valence-electron chi connectivity index (χ2n) is 8.39. The number of hydrogen-bond acceptors (Lipinski definition) is 7. The standard InChI is InChI=1S/C25H29N5O3S/c31-23(26-20-10-5-2-6-11-20)22(19-8-3-1-4-9-19)34-25-28-27-24(29-13-16-32-17-14-29)30(25)18-21-12-7-15-33-21/h1-6,8-11,21-22H,7,12-18H2,(H,26,31). The molecule has 178 valence electrons. The van der Waals surface area contributed by atoms with Crippen molar-refractivity contribution in [3.05, 3.63) is 66.2 Å². The Morgan fingerprint density at radius 1 is 1.03 bits per heavy atom. The molecular weight excluding hydrogens is 450 g/mol. The van der Waals surface area contributed by atoms with E-state index < -0.39 is 5.25 Å². The summed E-state index contributed by atoms with van der Waals surface area (Å²) in [7, 11) is 0. The number of morpholine rings is 1. The molecule has 34 heavy (non-hydrogen) atoms. The molecule has 2 fully saturated rings. The van der Waals surface area contributed by atoms with Gasteiger partial charge in [-0.05, 0) is 30.5 Å². The lowest BCUT2D eigenvalue weighted by Crippen LogP contribution is -2.38. The molecule has 2 saturated heterocycles. The summed E-state index contributed by atoms with van der Waals surface area (Å²) in [6, 6.07) is 19.3. The molecule has 3 heterocycles. The number of nitrogens with one attached hydrogen (secondary N) is 1. The summed E-state index contributed by atoms with van der Waals surface area (Å²) in [4.78, 5) is 15.6. The molecular formula is C25H29N5O3S. The Hall–Kier alpha value is -2.88. The van der Waals surface area contributed by atoms with Crippen molar-refractivity contribution in [3.63, 3.8) is 0 Å². The Morgan fingerprint density at radius 2 is 1.76 bits per heavy atom. The van der Waals surface area contributed by atoms with Gasteiger partial charge in [-0.25, -0.2) is 0 Å². The van der Waals surface area contributed by atoms with Crippen LogP contribution in [0.15, 0.2) is 65.8 Å². The van der Waals surface area contributed by atoms with Gasteiger partial charge in [0.05, 0.1) is 25.9 Å². The van der Waals surface area contributed by atoms with Crippen molar-refractivity contribution in [2.75, 3.05) is 43.1 Å². The molecule has 2 aliphatic heterocycles. The molecule has 0 aliphatic carbocycles. The van der Waals surface area contributed by atoms with E-state index in [1.54, 1.807) is 0 Å². The van der Waals surface area contributed by atoms with E-state index in [-0.39, 0.29) is 12.0 Å². The minimum Gasteiger partial charge on any atom is -0.378 e. The SMILES string of the molecule is O=C(Nc1ccccc1)C(Sc1nnc(N2CCOCC2)n1CC1CCCO1)c1ccccc1. The molecule has 0 saturated carbocycles. The van der Waals surface area contributed by atoms with Crippen LogP contribution in [0.25, 0.3) is 0 Å². The third-order valence-electron chi connectivity index (χ3n) is 6.01. The van der Waals surface area contributed by atoms with Gasteiger partial charge in [0.15, 0.2) is 5.16 Å². The largest absolute Gasteiger partial charge is 0.378 e. The number of benzene rings is 2. The summed E-state index contributed by atoms with van der Waals surface area (Å²) in [5.74, 6) is 0.721. The Kier molecular flexibility index (Phi) is 7.43. The first-order chi connectivity index (χ1) is 16.8. The summed E-state index contributed by atoms with van der Waals surface area (Å²) in [6.45, 7) is 4.33. The summed E-state index contributed by atoms with van der Waals surface area (Å²) >= 11 is 1.43. The van der Waals surface area contributed by atoms with Gasteiger partial charge in [-0.15, -0.1) is 10.2 Å². The monoisotopic (exact) mass is 479 g/mol. The van der Waals surface area contributed by atoms with Gasteiger partial charge >= 0.3 is 0 Å². The van der Waals surface area contributed by atoms with Crippen molar-refractivity contribution in [1.82, 2.24) is 14.8 Å². The molecule has 1 aromatic heterocycles. The number of nitrogens with zero attached hydrogens (tertiary/aromatic N) is 4.